The molecule has 2 rings (SSSR count). The van der Waals surface area contributed by atoms with Crippen LogP contribution in [0.25, 0.3) is 0 Å². The summed E-state index contributed by atoms with van der Waals surface area (Å²) in [6.45, 7) is 11.2. The Balaban J connectivity index is 1.85. The molecule has 1 atom stereocenters. The molecule has 0 aromatic carbocycles. The molecular weight excluding hydrogens is 272 g/mol. The lowest BCUT2D eigenvalue weighted by molar-refractivity contribution is 0.0112. The SMILES string of the molecule is CC(c1cccs1)N1CCN(C(=O)OC(C)(C)C)CC1. The molecule has 1 aliphatic rings. The first-order chi connectivity index (χ1) is 9.37. The Morgan fingerprint density at radius 2 is 1.95 bits per heavy atom. The second-order valence-electron chi connectivity index (χ2n) is 6.19. The van der Waals surface area contributed by atoms with Crippen molar-refractivity contribution in [2.24, 2.45) is 0 Å². The molecule has 0 spiro atoms. The van der Waals surface area contributed by atoms with E-state index in [4.69, 9.17) is 4.74 Å². The Hall–Kier alpha value is -1.07. The standard InChI is InChI=1S/C15H24N2O2S/c1-12(13-6-5-11-20-13)16-7-9-17(10-8-16)14(18)19-15(2,3)4/h5-6,11-12H,7-10H2,1-4H3. The number of piperazine rings is 1. The predicted octanol–water partition coefficient (Wildman–Crippen LogP) is 3.36. The van der Waals surface area contributed by atoms with E-state index in [9.17, 15) is 4.79 Å². The van der Waals surface area contributed by atoms with Gasteiger partial charge in [-0.3, -0.25) is 4.90 Å². The molecule has 4 nitrogen and oxygen atoms in total. The highest BCUT2D eigenvalue weighted by molar-refractivity contribution is 7.10. The predicted molar refractivity (Wildman–Crippen MR) is 82.1 cm³/mol. The van der Waals surface area contributed by atoms with E-state index < -0.39 is 5.60 Å². The van der Waals surface area contributed by atoms with Gasteiger partial charge in [0.2, 0.25) is 0 Å². The molecule has 1 unspecified atom stereocenters. The topological polar surface area (TPSA) is 32.8 Å². The van der Waals surface area contributed by atoms with Crippen molar-refractivity contribution in [3.05, 3.63) is 22.4 Å². The Morgan fingerprint density at radius 3 is 2.45 bits per heavy atom. The molecule has 1 aromatic rings. The minimum atomic E-state index is -0.418. The quantitative estimate of drug-likeness (QED) is 0.839. The number of carbonyl (C=O) groups is 1. The molecule has 112 valence electrons. The van der Waals surface area contributed by atoms with E-state index in [0.717, 1.165) is 26.2 Å². The van der Waals surface area contributed by atoms with Crippen molar-refractivity contribution < 1.29 is 9.53 Å². The summed E-state index contributed by atoms with van der Waals surface area (Å²) in [5.74, 6) is 0. The molecule has 2 heterocycles. The molecule has 1 amide bonds. The van der Waals surface area contributed by atoms with Crippen molar-refractivity contribution in [2.45, 2.75) is 39.3 Å². The monoisotopic (exact) mass is 296 g/mol. The van der Waals surface area contributed by atoms with Crippen LogP contribution < -0.4 is 0 Å². The summed E-state index contributed by atoms with van der Waals surface area (Å²) in [6.07, 6.45) is -0.194. The van der Waals surface area contributed by atoms with Crippen LogP contribution in [0.1, 0.15) is 38.6 Å². The van der Waals surface area contributed by atoms with Crippen LogP contribution in [0.15, 0.2) is 17.5 Å². The third-order valence-corrected chi connectivity index (χ3v) is 4.51. The van der Waals surface area contributed by atoms with Gasteiger partial charge >= 0.3 is 6.09 Å². The van der Waals surface area contributed by atoms with E-state index in [0.29, 0.717) is 6.04 Å². The zero-order valence-corrected chi connectivity index (χ0v) is 13.6. The maximum atomic E-state index is 12.0. The van der Waals surface area contributed by atoms with Crippen molar-refractivity contribution in [3.8, 4) is 0 Å². The fourth-order valence-corrected chi connectivity index (χ4v) is 3.14. The minimum Gasteiger partial charge on any atom is -0.444 e. The molecular formula is C15H24N2O2S. The van der Waals surface area contributed by atoms with Crippen LogP contribution in [0.2, 0.25) is 0 Å². The average molecular weight is 296 g/mol. The maximum absolute atomic E-state index is 12.0. The van der Waals surface area contributed by atoms with E-state index >= 15 is 0 Å². The minimum absolute atomic E-state index is 0.194. The zero-order valence-electron chi connectivity index (χ0n) is 12.8. The number of thiophene rings is 1. The van der Waals surface area contributed by atoms with Crippen LogP contribution in [0, 0.1) is 0 Å². The number of hydrogen-bond acceptors (Lipinski definition) is 4. The summed E-state index contributed by atoms with van der Waals surface area (Å²) >= 11 is 1.79. The summed E-state index contributed by atoms with van der Waals surface area (Å²) in [5.41, 5.74) is -0.418. The van der Waals surface area contributed by atoms with Crippen LogP contribution in [0.4, 0.5) is 4.79 Å². The third-order valence-electron chi connectivity index (χ3n) is 3.47. The molecule has 1 saturated heterocycles. The number of amides is 1. The number of carbonyl (C=O) groups excluding carboxylic acids is 1. The van der Waals surface area contributed by atoms with Crippen molar-refractivity contribution in [1.29, 1.82) is 0 Å². The van der Waals surface area contributed by atoms with Crippen LogP contribution in [-0.4, -0.2) is 47.7 Å². The molecule has 1 aromatic heterocycles. The van der Waals surface area contributed by atoms with E-state index in [1.807, 2.05) is 25.7 Å². The van der Waals surface area contributed by atoms with Gasteiger partial charge in [0.05, 0.1) is 0 Å². The number of nitrogens with zero attached hydrogens (tertiary/aromatic N) is 2. The molecule has 0 bridgehead atoms. The maximum Gasteiger partial charge on any atom is 0.410 e. The summed E-state index contributed by atoms with van der Waals surface area (Å²) < 4.78 is 5.42. The second-order valence-corrected chi connectivity index (χ2v) is 7.17. The highest BCUT2D eigenvalue weighted by Gasteiger charge is 2.28. The fraction of sp³-hybridized carbons (Fsp3) is 0.667. The van der Waals surface area contributed by atoms with Gasteiger partial charge in [-0.2, -0.15) is 0 Å². The molecule has 1 fully saturated rings. The first-order valence-electron chi connectivity index (χ1n) is 7.12. The Labute approximate surface area is 125 Å². The number of hydrogen-bond donors (Lipinski definition) is 0. The van der Waals surface area contributed by atoms with Gasteiger partial charge < -0.3 is 9.64 Å². The van der Waals surface area contributed by atoms with Crippen molar-refractivity contribution in [1.82, 2.24) is 9.80 Å². The lowest BCUT2D eigenvalue weighted by Crippen LogP contribution is -2.50. The average Bonchev–Trinajstić information content (AvgIpc) is 2.90. The van der Waals surface area contributed by atoms with Gasteiger partial charge in [0.15, 0.2) is 0 Å². The van der Waals surface area contributed by atoms with E-state index in [1.54, 1.807) is 11.3 Å². The van der Waals surface area contributed by atoms with E-state index in [1.165, 1.54) is 4.88 Å². The normalized spacial score (nSPS) is 18.9. The molecule has 1 aliphatic heterocycles. The summed E-state index contributed by atoms with van der Waals surface area (Å²) in [6, 6.07) is 4.69. The zero-order chi connectivity index (χ0) is 14.8. The van der Waals surface area contributed by atoms with Gasteiger partial charge in [0, 0.05) is 37.1 Å². The Bertz CT molecular complexity index is 431. The molecule has 0 radical (unpaired) electrons. The third kappa shape index (κ3) is 3.96. The van der Waals surface area contributed by atoms with Crippen LogP contribution in [0.3, 0.4) is 0 Å². The van der Waals surface area contributed by atoms with Crippen LogP contribution in [0.5, 0.6) is 0 Å². The summed E-state index contributed by atoms with van der Waals surface area (Å²) in [7, 11) is 0. The van der Waals surface area contributed by atoms with Crippen molar-refractivity contribution in [3.63, 3.8) is 0 Å². The van der Waals surface area contributed by atoms with Gasteiger partial charge in [0.1, 0.15) is 5.60 Å². The van der Waals surface area contributed by atoms with Crippen LogP contribution in [-0.2, 0) is 4.74 Å². The largest absolute Gasteiger partial charge is 0.444 e. The lowest BCUT2D eigenvalue weighted by Gasteiger charge is -2.38. The van der Waals surface area contributed by atoms with Crippen molar-refractivity contribution in [2.75, 3.05) is 26.2 Å². The smallest absolute Gasteiger partial charge is 0.410 e. The first kappa shape index (κ1) is 15.3. The van der Waals surface area contributed by atoms with Gasteiger partial charge in [0.25, 0.3) is 0 Å². The Morgan fingerprint density at radius 1 is 1.30 bits per heavy atom. The highest BCUT2D eigenvalue weighted by Crippen LogP contribution is 2.25. The summed E-state index contributed by atoms with van der Waals surface area (Å²) in [4.78, 5) is 17.6. The second kappa shape index (κ2) is 6.14. The van der Waals surface area contributed by atoms with Gasteiger partial charge in [-0.05, 0) is 39.1 Å². The van der Waals surface area contributed by atoms with Crippen molar-refractivity contribution >= 4 is 17.4 Å². The van der Waals surface area contributed by atoms with Gasteiger partial charge in [-0.25, -0.2) is 4.79 Å². The van der Waals surface area contributed by atoms with Crippen LogP contribution >= 0.6 is 11.3 Å². The molecule has 0 saturated carbocycles. The fourth-order valence-electron chi connectivity index (χ4n) is 2.33. The lowest BCUT2D eigenvalue weighted by atomic mass is 10.2. The first-order valence-corrected chi connectivity index (χ1v) is 8.00. The highest BCUT2D eigenvalue weighted by atomic mass is 32.1. The van der Waals surface area contributed by atoms with E-state index in [2.05, 4.69) is 29.3 Å². The molecule has 20 heavy (non-hydrogen) atoms. The molecule has 5 heteroatoms. The molecule has 0 aliphatic carbocycles. The van der Waals surface area contributed by atoms with E-state index in [-0.39, 0.29) is 6.09 Å². The van der Waals surface area contributed by atoms with Gasteiger partial charge in [-0.1, -0.05) is 6.07 Å². The van der Waals surface area contributed by atoms with Gasteiger partial charge in [-0.15, -0.1) is 11.3 Å². The molecule has 0 N–H and O–H groups in total. The number of rotatable bonds is 2. The summed E-state index contributed by atoms with van der Waals surface area (Å²) in [5, 5.41) is 2.11. The Kier molecular flexibility index (Phi) is 4.70. The number of ether oxygens (including phenoxy) is 1.